The van der Waals surface area contributed by atoms with Crippen LogP contribution in [-0.2, 0) is 17.1 Å². The van der Waals surface area contributed by atoms with E-state index in [1.165, 1.54) is 26.5 Å². The topological polar surface area (TPSA) is 88.4 Å². The molecule has 1 amide bonds. The monoisotopic (exact) mass is 431 g/mol. The summed E-state index contributed by atoms with van der Waals surface area (Å²) in [7, 11) is -2.05. The molecule has 0 unspecified atom stereocenters. The molecule has 3 aromatic heterocycles. The Morgan fingerprint density at radius 3 is 2.59 bits per heavy atom. The number of sulfonamides is 1. The number of aryl methyl sites for hydroxylation is 2. The molecule has 0 atom stereocenters. The van der Waals surface area contributed by atoms with E-state index >= 15 is 0 Å². The van der Waals surface area contributed by atoms with Gasteiger partial charge in [-0.25, -0.2) is 8.42 Å². The molecule has 0 aliphatic carbocycles. The largest absolute Gasteiger partial charge is 0.336 e. The maximum absolute atomic E-state index is 13.3. The molecule has 1 saturated heterocycles. The van der Waals surface area contributed by atoms with Gasteiger partial charge in [0.05, 0.1) is 5.56 Å². The minimum atomic E-state index is -3.74. The highest BCUT2D eigenvalue weighted by molar-refractivity contribution is 7.89. The fourth-order valence-corrected chi connectivity index (χ4v) is 5.65. The third-order valence-electron chi connectivity index (χ3n) is 4.85. The van der Waals surface area contributed by atoms with Gasteiger partial charge >= 0.3 is 0 Å². The van der Waals surface area contributed by atoms with Crippen molar-refractivity contribution in [3.8, 4) is 11.3 Å². The number of rotatable bonds is 4. The molecule has 8 nitrogen and oxygen atoms in total. The second-order valence-electron chi connectivity index (χ2n) is 6.90. The molecular formula is C19H21N5O3S2. The maximum Gasteiger partial charge on any atom is 0.254 e. The first-order valence-electron chi connectivity index (χ1n) is 9.15. The highest BCUT2D eigenvalue weighted by Crippen LogP contribution is 2.28. The van der Waals surface area contributed by atoms with Crippen molar-refractivity contribution < 1.29 is 13.2 Å². The molecule has 3 aromatic rings. The number of nitrogens with zero attached hydrogens (tertiary/aromatic N) is 5. The Bertz CT molecular complexity index is 1130. The van der Waals surface area contributed by atoms with Crippen molar-refractivity contribution in [2.24, 2.45) is 7.05 Å². The maximum atomic E-state index is 13.3. The van der Waals surface area contributed by atoms with Crippen LogP contribution < -0.4 is 0 Å². The van der Waals surface area contributed by atoms with Crippen LogP contribution in [0.5, 0.6) is 0 Å². The lowest BCUT2D eigenvalue weighted by Gasteiger charge is -2.33. The molecule has 0 N–H and O–H groups in total. The van der Waals surface area contributed by atoms with Gasteiger partial charge in [0.25, 0.3) is 5.91 Å². The van der Waals surface area contributed by atoms with Gasteiger partial charge in [-0.2, -0.15) is 9.40 Å². The normalized spacial score (nSPS) is 15.6. The SMILES string of the molecule is Cc1cc(C(=O)N2CCN(S(=O)(=O)c3cn(C)nc3-c3cccnc3)CC2)cs1. The van der Waals surface area contributed by atoms with Crippen molar-refractivity contribution in [3.63, 3.8) is 0 Å². The Hall–Kier alpha value is -2.56. The number of hydrogen-bond acceptors (Lipinski definition) is 6. The van der Waals surface area contributed by atoms with E-state index in [0.717, 1.165) is 4.88 Å². The second kappa shape index (κ2) is 7.69. The fourth-order valence-electron chi connectivity index (χ4n) is 3.37. The zero-order valence-electron chi connectivity index (χ0n) is 16.1. The number of thiophene rings is 1. The van der Waals surface area contributed by atoms with Crippen LogP contribution in [0.3, 0.4) is 0 Å². The van der Waals surface area contributed by atoms with E-state index in [0.29, 0.717) is 29.9 Å². The summed E-state index contributed by atoms with van der Waals surface area (Å²) in [5.41, 5.74) is 1.69. The standard InChI is InChI=1S/C19H21N5O3S2/c1-14-10-16(13-28-14)19(25)23-6-8-24(9-7-23)29(26,27)17-12-22(2)21-18(17)15-4-3-5-20-11-15/h3-5,10-13H,6-9H2,1-2H3. The van der Waals surface area contributed by atoms with E-state index < -0.39 is 10.0 Å². The average molecular weight is 432 g/mol. The number of aromatic nitrogens is 3. The molecule has 0 aromatic carbocycles. The molecule has 0 spiro atoms. The van der Waals surface area contributed by atoms with Gasteiger partial charge in [-0.15, -0.1) is 11.3 Å². The predicted octanol–water partition coefficient (Wildman–Crippen LogP) is 2.00. The highest BCUT2D eigenvalue weighted by atomic mass is 32.2. The summed E-state index contributed by atoms with van der Waals surface area (Å²) >= 11 is 1.53. The fraction of sp³-hybridized carbons (Fsp3) is 0.316. The third kappa shape index (κ3) is 3.83. The molecule has 0 saturated carbocycles. The first-order valence-corrected chi connectivity index (χ1v) is 11.5. The molecule has 0 radical (unpaired) electrons. The summed E-state index contributed by atoms with van der Waals surface area (Å²) < 4.78 is 29.5. The predicted molar refractivity (Wildman–Crippen MR) is 110 cm³/mol. The van der Waals surface area contributed by atoms with Crippen molar-refractivity contribution in [2.75, 3.05) is 26.2 Å². The van der Waals surface area contributed by atoms with Crippen LogP contribution in [0.1, 0.15) is 15.2 Å². The molecule has 1 fully saturated rings. The zero-order chi connectivity index (χ0) is 20.6. The van der Waals surface area contributed by atoms with Crippen molar-refractivity contribution >= 4 is 27.3 Å². The number of hydrogen-bond donors (Lipinski definition) is 0. The second-order valence-corrected chi connectivity index (χ2v) is 9.92. The summed E-state index contributed by atoms with van der Waals surface area (Å²) in [4.78, 5) is 19.6. The molecule has 4 rings (SSSR count). The van der Waals surface area contributed by atoms with E-state index in [-0.39, 0.29) is 23.9 Å². The summed E-state index contributed by atoms with van der Waals surface area (Å²) in [5, 5.41) is 6.18. The van der Waals surface area contributed by atoms with Gasteiger partial charge in [0.2, 0.25) is 10.0 Å². The Morgan fingerprint density at radius 2 is 1.97 bits per heavy atom. The van der Waals surface area contributed by atoms with Crippen LogP contribution in [0.2, 0.25) is 0 Å². The van der Waals surface area contributed by atoms with Crippen molar-refractivity contribution in [2.45, 2.75) is 11.8 Å². The van der Waals surface area contributed by atoms with Crippen molar-refractivity contribution in [1.29, 1.82) is 0 Å². The lowest BCUT2D eigenvalue weighted by atomic mass is 10.2. The highest BCUT2D eigenvalue weighted by Gasteiger charge is 2.33. The minimum Gasteiger partial charge on any atom is -0.336 e. The van der Waals surface area contributed by atoms with Gasteiger partial charge in [0.15, 0.2) is 0 Å². The van der Waals surface area contributed by atoms with Crippen LogP contribution in [0.25, 0.3) is 11.3 Å². The van der Waals surface area contributed by atoms with Gasteiger partial charge < -0.3 is 4.90 Å². The quantitative estimate of drug-likeness (QED) is 0.630. The van der Waals surface area contributed by atoms with Crippen molar-refractivity contribution in [3.05, 3.63) is 52.6 Å². The molecule has 29 heavy (non-hydrogen) atoms. The van der Waals surface area contributed by atoms with Crippen LogP contribution in [0, 0.1) is 6.92 Å². The number of carbonyl (C=O) groups excluding carboxylic acids is 1. The van der Waals surface area contributed by atoms with Crippen LogP contribution in [0.15, 0.2) is 47.1 Å². The molecule has 1 aliphatic rings. The van der Waals surface area contributed by atoms with Crippen LogP contribution >= 0.6 is 11.3 Å². The van der Waals surface area contributed by atoms with E-state index in [9.17, 15) is 13.2 Å². The number of piperazine rings is 1. The van der Waals surface area contributed by atoms with Gasteiger partial charge in [0.1, 0.15) is 10.6 Å². The Labute approximate surface area is 173 Å². The molecular weight excluding hydrogens is 410 g/mol. The Kier molecular flexibility index (Phi) is 5.24. The van der Waals surface area contributed by atoms with E-state index in [4.69, 9.17) is 0 Å². The summed E-state index contributed by atoms with van der Waals surface area (Å²) in [6.45, 7) is 3.17. The van der Waals surface area contributed by atoms with E-state index in [2.05, 4.69) is 10.1 Å². The zero-order valence-corrected chi connectivity index (χ0v) is 17.8. The van der Waals surface area contributed by atoms with Gasteiger partial charge in [-0.3, -0.25) is 14.5 Å². The van der Waals surface area contributed by atoms with Gasteiger partial charge in [-0.1, -0.05) is 0 Å². The number of carbonyl (C=O) groups is 1. The van der Waals surface area contributed by atoms with Crippen molar-refractivity contribution in [1.82, 2.24) is 24.0 Å². The van der Waals surface area contributed by atoms with E-state index in [1.807, 2.05) is 18.4 Å². The third-order valence-corrected chi connectivity index (χ3v) is 7.61. The molecule has 1 aliphatic heterocycles. The molecule has 4 heterocycles. The van der Waals surface area contributed by atoms with Crippen LogP contribution in [-0.4, -0.2) is 64.5 Å². The smallest absolute Gasteiger partial charge is 0.254 e. The summed E-state index contributed by atoms with van der Waals surface area (Å²) in [6.07, 6.45) is 4.75. The molecule has 152 valence electrons. The first-order chi connectivity index (χ1) is 13.9. The Morgan fingerprint density at radius 1 is 1.21 bits per heavy atom. The summed E-state index contributed by atoms with van der Waals surface area (Å²) in [6, 6.07) is 5.40. The molecule has 0 bridgehead atoms. The summed E-state index contributed by atoms with van der Waals surface area (Å²) in [5.74, 6) is -0.0520. The lowest BCUT2D eigenvalue weighted by molar-refractivity contribution is 0.0698. The molecule has 10 heteroatoms. The lowest BCUT2D eigenvalue weighted by Crippen LogP contribution is -2.50. The number of amides is 1. The van der Waals surface area contributed by atoms with Gasteiger partial charge in [0, 0.05) is 67.6 Å². The van der Waals surface area contributed by atoms with Crippen LogP contribution in [0.4, 0.5) is 0 Å². The van der Waals surface area contributed by atoms with Gasteiger partial charge in [-0.05, 0) is 25.1 Å². The first kappa shape index (κ1) is 19.7. The number of pyridine rings is 1. The minimum absolute atomic E-state index is 0.0520. The average Bonchev–Trinajstić information content (AvgIpc) is 3.34. The van der Waals surface area contributed by atoms with E-state index in [1.54, 1.807) is 36.5 Å². The Balaban J connectivity index is 1.54.